The van der Waals surface area contributed by atoms with Crippen LogP contribution >= 0.6 is 0 Å². The fraction of sp³-hybridized carbons (Fsp3) is 0.385. The van der Waals surface area contributed by atoms with Crippen molar-refractivity contribution in [3.05, 3.63) is 70.4 Å². The van der Waals surface area contributed by atoms with Crippen LogP contribution in [0.1, 0.15) is 12.5 Å². The van der Waals surface area contributed by atoms with Crippen molar-refractivity contribution in [3.63, 3.8) is 0 Å². The molecule has 2 aromatic carbocycles. The number of alkyl halides is 3. The molecule has 1 aromatic heterocycles. The van der Waals surface area contributed by atoms with Crippen LogP contribution in [0.15, 0.2) is 54.7 Å². The van der Waals surface area contributed by atoms with Crippen molar-refractivity contribution < 1.29 is 41.8 Å². The zero-order chi connectivity index (χ0) is 29.2. The van der Waals surface area contributed by atoms with Gasteiger partial charge in [-0.3, -0.25) is 4.57 Å². The molecule has 12 nitrogen and oxygen atoms in total. The largest absolute Gasteiger partial charge is 0.573 e. The average molecular weight is 578 g/mol. The van der Waals surface area contributed by atoms with Crippen LogP contribution in [0.5, 0.6) is 17.5 Å². The summed E-state index contributed by atoms with van der Waals surface area (Å²) in [4.78, 5) is 30.4. The number of ether oxygens (including phenoxy) is 4. The lowest BCUT2D eigenvalue weighted by molar-refractivity contribution is -0.389. The number of piperazine rings is 1. The first kappa shape index (κ1) is 27.9. The first-order valence-corrected chi connectivity index (χ1v) is 12.6. The Balaban J connectivity index is 1.07. The highest BCUT2D eigenvalue weighted by Gasteiger charge is 2.41. The summed E-state index contributed by atoms with van der Waals surface area (Å²) in [5, 5.41) is 10.9. The van der Waals surface area contributed by atoms with Gasteiger partial charge < -0.3 is 38.9 Å². The molecule has 1 saturated heterocycles. The second kappa shape index (κ2) is 11.1. The smallest absolute Gasteiger partial charge is 0.489 e. The number of aromatic nitrogens is 2. The van der Waals surface area contributed by atoms with Gasteiger partial charge in [-0.15, -0.1) is 13.2 Å². The molecule has 1 amide bonds. The Morgan fingerprint density at radius 3 is 2.51 bits per heavy atom. The Morgan fingerprint density at radius 1 is 1.12 bits per heavy atom. The minimum Gasteiger partial charge on any atom is -0.489 e. The third-order valence-electron chi connectivity index (χ3n) is 6.54. The zero-order valence-electron chi connectivity index (χ0n) is 21.9. The summed E-state index contributed by atoms with van der Waals surface area (Å²) in [6.07, 6.45) is -3.94. The van der Waals surface area contributed by atoms with Crippen LogP contribution in [0.25, 0.3) is 0 Å². The molecule has 2 aliphatic heterocycles. The lowest BCUT2D eigenvalue weighted by atomic mass is 10.1. The van der Waals surface area contributed by atoms with Crippen LogP contribution in [0.4, 0.5) is 29.5 Å². The number of hydrogen-bond acceptors (Lipinski definition) is 9. The van der Waals surface area contributed by atoms with Gasteiger partial charge in [-0.05, 0) is 41.7 Å². The lowest BCUT2D eigenvalue weighted by Crippen LogP contribution is -2.48. The number of nitro groups is 1. The van der Waals surface area contributed by atoms with Crippen molar-refractivity contribution in [1.29, 1.82) is 0 Å². The number of anilines is 1. The Morgan fingerprint density at radius 2 is 1.85 bits per heavy atom. The number of halogens is 3. The number of imidazole rings is 1. The number of amides is 1. The summed E-state index contributed by atoms with van der Waals surface area (Å²) in [5.74, 6) is 0.00809. The lowest BCUT2D eigenvalue weighted by Gasteiger charge is -2.35. The van der Waals surface area contributed by atoms with E-state index in [4.69, 9.17) is 14.2 Å². The highest BCUT2D eigenvalue weighted by molar-refractivity contribution is 5.68. The zero-order valence-corrected chi connectivity index (χ0v) is 21.9. The molecule has 2 aliphatic rings. The standard InChI is InChI=1S/C26H26F3N5O7/c1-25(16-33-14-22(34(36)37)30-23(33)41-25)17-39-21-4-2-3-19(13-21)31-9-11-32(12-10-31)24(35)38-15-18-5-7-20(8-6-18)40-26(27,28)29/h2-8,13-14H,9-12,15-17H2,1H3. The normalized spacial score (nSPS) is 18.4. The number of benzene rings is 2. The van der Waals surface area contributed by atoms with E-state index in [1.807, 2.05) is 31.2 Å². The highest BCUT2D eigenvalue weighted by atomic mass is 19.4. The van der Waals surface area contributed by atoms with Crippen LogP contribution in [-0.2, 0) is 17.9 Å². The maximum atomic E-state index is 12.5. The average Bonchev–Trinajstić information content (AvgIpc) is 3.46. The number of hydrogen-bond donors (Lipinski definition) is 0. The number of rotatable bonds is 8. The van der Waals surface area contributed by atoms with Crippen molar-refractivity contribution >= 4 is 17.6 Å². The maximum Gasteiger partial charge on any atom is 0.573 e. The maximum absolute atomic E-state index is 12.5. The van der Waals surface area contributed by atoms with Gasteiger partial charge in [-0.1, -0.05) is 18.2 Å². The van der Waals surface area contributed by atoms with Crippen LogP contribution in [0, 0.1) is 10.1 Å². The molecule has 3 heterocycles. The van der Waals surface area contributed by atoms with Gasteiger partial charge in [0.05, 0.1) is 6.54 Å². The Labute approximate surface area is 231 Å². The molecule has 0 radical (unpaired) electrons. The van der Waals surface area contributed by atoms with Gasteiger partial charge in [0.1, 0.15) is 30.9 Å². The Hall–Kier alpha value is -4.69. The quantitative estimate of drug-likeness (QED) is 0.284. The van der Waals surface area contributed by atoms with Gasteiger partial charge in [0.25, 0.3) is 0 Å². The minimum absolute atomic E-state index is 0.0777. The predicted molar refractivity (Wildman–Crippen MR) is 137 cm³/mol. The summed E-state index contributed by atoms with van der Waals surface area (Å²) >= 11 is 0. The van der Waals surface area contributed by atoms with Crippen LogP contribution in [0.2, 0.25) is 0 Å². The van der Waals surface area contributed by atoms with E-state index >= 15 is 0 Å². The van der Waals surface area contributed by atoms with Gasteiger partial charge >= 0.3 is 24.3 Å². The van der Waals surface area contributed by atoms with E-state index in [9.17, 15) is 28.1 Å². The molecule has 1 fully saturated rings. The SMILES string of the molecule is CC1(COc2cccc(N3CCN(C(=O)OCc4ccc(OC(F)(F)F)cc4)CC3)c2)Cn2cc([N+](=O)[O-])nc2O1. The van der Waals surface area contributed by atoms with E-state index in [1.54, 1.807) is 9.47 Å². The van der Waals surface area contributed by atoms with Crippen molar-refractivity contribution in [2.45, 2.75) is 32.0 Å². The fourth-order valence-corrected chi connectivity index (χ4v) is 4.53. The molecule has 1 unspecified atom stereocenters. The molecule has 0 aliphatic carbocycles. The number of nitrogens with zero attached hydrogens (tertiary/aromatic N) is 5. The van der Waals surface area contributed by atoms with E-state index in [-0.39, 0.29) is 30.8 Å². The summed E-state index contributed by atoms with van der Waals surface area (Å²) in [6, 6.07) is 12.8. The van der Waals surface area contributed by atoms with E-state index in [0.29, 0.717) is 44.0 Å². The Bertz CT molecular complexity index is 1380. The third kappa shape index (κ3) is 6.91. The molecular weight excluding hydrogens is 551 g/mol. The molecule has 218 valence electrons. The van der Waals surface area contributed by atoms with Crippen LogP contribution in [-0.4, -0.2) is 70.2 Å². The first-order valence-electron chi connectivity index (χ1n) is 12.6. The molecule has 0 N–H and O–H groups in total. The molecule has 0 saturated carbocycles. The molecule has 3 aromatic rings. The number of carbonyl (C=O) groups is 1. The van der Waals surface area contributed by atoms with Gasteiger partial charge in [-0.25, -0.2) is 4.79 Å². The molecule has 5 rings (SSSR count). The van der Waals surface area contributed by atoms with E-state index in [0.717, 1.165) is 17.8 Å². The van der Waals surface area contributed by atoms with Gasteiger partial charge in [0.15, 0.2) is 5.60 Å². The molecule has 15 heteroatoms. The molecular formula is C26H26F3N5O7. The number of carbonyl (C=O) groups excluding carboxylic acids is 1. The van der Waals surface area contributed by atoms with Gasteiger partial charge in [0, 0.05) is 42.9 Å². The van der Waals surface area contributed by atoms with Gasteiger partial charge in [0.2, 0.25) is 0 Å². The molecule has 0 spiro atoms. The van der Waals surface area contributed by atoms with Crippen molar-refractivity contribution in [2.24, 2.45) is 0 Å². The van der Waals surface area contributed by atoms with Crippen molar-refractivity contribution in [2.75, 3.05) is 37.7 Å². The van der Waals surface area contributed by atoms with E-state index in [1.165, 1.54) is 18.3 Å². The van der Waals surface area contributed by atoms with Crippen LogP contribution in [0.3, 0.4) is 0 Å². The summed E-state index contributed by atoms with van der Waals surface area (Å²) in [7, 11) is 0. The van der Waals surface area contributed by atoms with Crippen molar-refractivity contribution in [1.82, 2.24) is 14.5 Å². The second-order valence-corrected chi connectivity index (χ2v) is 9.83. The molecule has 41 heavy (non-hydrogen) atoms. The predicted octanol–water partition coefficient (Wildman–Crippen LogP) is 4.38. The van der Waals surface area contributed by atoms with Crippen LogP contribution < -0.4 is 19.1 Å². The van der Waals surface area contributed by atoms with E-state index in [2.05, 4.69) is 14.6 Å². The first-order chi connectivity index (χ1) is 19.5. The monoisotopic (exact) mass is 577 g/mol. The minimum atomic E-state index is -4.77. The second-order valence-electron chi connectivity index (χ2n) is 9.83. The number of fused-ring (bicyclic) bond motifs is 1. The summed E-state index contributed by atoms with van der Waals surface area (Å²) < 4.78 is 59.4. The third-order valence-corrected chi connectivity index (χ3v) is 6.54. The molecule has 0 bridgehead atoms. The molecule has 1 atom stereocenters. The summed E-state index contributed by atoms with van der Waals surface area (Å²) in [5.41, 5.74) is 0.710. The topological polar surface area (TPSA) is 121 Å². The highest BCUT2D eigenvalue weighted by Crippen LogP contribution is 2.32. The van der Waals surface area contributed by atoms with E-state index < -0.39 is 23.0 Å². The fourth-order valence-electron chi connectivity index (χ4n) is 4.53. The summed E-state index contributed by atoms with van der Waals surface area (Å²) in [6.45, 7) is 4.28. The van der Waals surface area contributed by atoms with Gasteiger partial charge in [-0.2, -0.15) is 0 Å². The Kier molecular flexibility index (Phi) is 7.51. The van der Waals surface area contributed by atoms with Crippen molar-refractivity contribution in [3.8, 4) is 17.5 Å².